The third-order valence-corrected chi connectivity index (χ3v) is 6.37. The summed E-state index contributed by atoms with van der Waals surface area (Å²) in [5.74, 6) is -5.39. The van der Waals surface area contributed by atoms with Crippen LogP contribution in [0, 0.1) is 30.4 Å². The highest BCUT2D eigenvalue weighted by Gasteiger charge is 2.21. The zero-order chi connectivity index (χ0) is 19.3. The molecule has 0 amide bonds. The predicted molar refractivity (Wildman–Crippen MR) is 109 cm³/mol. The van der Waals surface area contributed by atoms with E-state index in [9.17, 15) is 21.8 Å². The van der Waals surface area contributed by atoms with Gasteiger partial charge in [-0.1, -0.05) is 36.4 Å². The molecule has 1 nitrogen and oxygen atoms in total. The first-order valence-electron chi connectivity index (χ1n) is 7.03. The van der Waals surface area contributed by atoms with Crippen LogP contribution in [0.1, 0.15) is 0 Å². The molecule has 3 rings (SSSR count). The topological polar surface area (TPSA) is 17.1 Å². The second-order valence-electron chi connectivity index (χ2n) is 4.78. The SMILES string of the molecule is Fc1c(F)c(I)c(F)c(F)c1I.O=S(c1ccccc1)c1ccccc1. The van der Waals surface area contributed by atoms with E-state index in [0.717, 1.165) is 9.79 Å². The van der Waals surface area contributed by atoms with E-state index in [-0.39, 0.29) is 0 Å². The van der Waals surface area contributed by atoms with E-state index in [1.165, 1.54) is 45.2 Å². The lowest BCUT2D eigenvalue weighted by Crippen LogP contribution is -2.02. The zero-order valence-corrected chi connectivity index (χ0v) is 18.0. The lowest BCUT2D eigenvalue weighted by Gasteiger charge is -2.02. The van der Waals surface area contributed by atoms with Crippen LogP contribution in [0.25, 0.3) is 0 Å². The van der Waals surface area contributed by atoms with Crippen molar-refractivity contribution in [3.8, 4) is 0 Å². The van der Waals surface area contributed by atoms with E-state index >= 15 is 0 Å². The van der Waals surface area contributed by atoms with Gasteiger partial charge in [0, 0.05) is 9.79 Å². The first kappa shape index (κ1) is 21.3. The Morgan fingerprint density at radius 2 is 0.846 bits per heavy atom. The normalized spacial score (nSPS) is 10.4. The van der Waals surface area contributed by atoms with Crippen LogP contribution >= 0.6 is 45.2 Å². The Labute approximate surface area is 177 Å². The van der Waals surface area contributed by atoms with Gasteiger partial charge in [-0.25, -0.2) is 21.8 Å². The van der Waals surface area contributed by atoms with E-state index in [1.807, 2.05) is 60.7 Å². The maximum atomic E-state index is 12.6. The lowest BCUT2D eigenvalue weighted by molar-refractivity contribution is 0.437. The molecule has 0 saturated heterocycles. The number of benzene rings is 3. The third kappa shape index (κ3) is 5.03. The second kappa shape index (κ2) is 9.79. The van der Waals surface area contributed by atoms with Crippen molar-refractivity contribution < 1.29 is 21.8 Å². The van der Waals surface area contributed by atoms with Crippen molar-refractivity contribution in [3.63, 3.8) is 0 Å². The van der Waals surface area contributed by atoms with Crippen LogP contribution in [0.15, 0.2) is 70.5 Å². The third-order valence-electron chi connectivity index (χ3n) is 3.07. The monoisotopic (exact) mass is 604 g/mol. The number of rotatable bonds is 2. The molecule has 3 aromatic carbocycles. The van der Waals surface area contributed by atoms with E-state index in [1.54, 1.807) is 0 Å². The number of hydrogen-bond donors (Lipinski definition) is 0. The van der Waals surface area contributed by atoms with Crippen LogP contribution in [0.5, 0.6) is 0 Å². The zero-order valence-electron chi connectivity index (χ0n) is 12.9. The number of hydrogen-bond acceptors (Lipinski definition) is 1. The molecule has 0 fully saturated rings. The summed E-state index contributed by atoms with van der Waals surface area (Å²) in [7, 11) is -1.05. The minimum atomic E-state index is -1.35. The fourth-order valence-electron chi connectivity index (χ4n) is 1.80. The molecular formula is C18H10F4I2OS. The van der Waals surface area contributed by atoms with Crippen LogP contribution in [-0.2, 0) is 10.8 Å². The molecule has 0 aromatic heterocycles. The Morgan fingerprint density at radius 3 is 1.12 bits per heavy atom. The summed E-state index contributed by atoms with van der Waals surface area (Å²) in [5, 5.41) is 0. The van der Waals surface area contributed by atoms with Crippen LogP contribution in [0.4, 0.5) is 17.6 Å². The maximum absolute atomic E-state index is 12.6. The van der Waals surface area contributed by atoms with Gasteiger partial charge in [0.15, 0.2) is 23.3 Å². The van der Waals surface area contributed by atoms with Crippen molar-refractivity contribution in [1.82, 2.24) is 0 Å². The van der Waals surface area contributed by atoms with Gasteiger partial charge in [-0.3, -0.25) is 0 Å². The fourth-order valence-corrected chi connectivity index (χ4v) is 3.83. The minimum absolute atomic E-state index is 0.664. The molecule has 0 aliphatic rings. The van der Waals surface area contributed by atoms with Gasteiger partial charge in [0.05, 0.1) is 17.9 Å². The average Bonchev–Trinajstić information content (AvgIpc) is 2.70. The first-order chi connectivity index (χ1) is 12.3. The molecule has 136 valence electrons. The van der Waals surface area contributed by atoms with Gasteiger partial charge in [-0.15, -0.1) is 0 Å². The van der Waals surface area contributed by atoms with E-state index in [2.05, 4.69) is 0 Å². The highest BCUT2D eigenvalue weighted by Crippen LogP contribution is 2.26. The van der Waals surface area contributed by atoms with Gasteiger partial charge < -0.3 is 0 Å². The van der Waals surface area contributed by atoms with Gasteiger partial charge in [-0.2, -0.15) is 0 Å². The summed E-state index contributed by atoms with van der Waals surface area (Å²) in [6, 6.07) is 19.0. The molecule has 0 unspecified atom stereocenters. The van der Waals surface area contributed by atoms with Crippen molar-refractivity contribution in [2.75, 3.05) is 0 Å². The van der Waals surface area contributed by atoms with Crippen molar-refractivity contribution in [2.45, 2.75) is 9.79 Å². The molecule has 0 N–H and O–H groups in total. The second-order valence-corrected chi connectivity index (χ2v) is 8.42. The van der Waals surface area contributed by atoms with Crippen LogP contribution in [-0.4, -0.2) is 4.21 Å². The van der Waals surface area contributed by atoms with Crippen LogP contribution in [0.3, 0.4) is 0 Å². The molecule has 0 bridgehead atoms. The molecule has 0 spiro atoms. The Kier molecular flexibility index (Phi) is 8.02. The number of halogens is 6. The molecule has 0 aliphatic carbocycles. The Balaban J connectivity index is 0.000000190. The van der Waals surface area contributed by atoms with Crippen molar-refractivity contribution >= 4 is 56.0 Å². The van der Waals surface area contributed by atoms with Crippen LogP contribution in [0.2, 0.25) is 0 Å². The summed E-state index contributed by atoms with van der Waals surface area (Å²) >= 11 is 2.41. The highest BCUT2D eigenvalue weighted by molar-refractivity contribution is 14.1. The first-order valence-corrected chi connectivity index (χ1v) is 10.3. The fraction of sp³-hybridized carbons (Fsp3) is 0. The molecular weight excluding hydrogens is 594 g/mol. The van der Waals surface area contributed by atoms with Gasteiger partial charge in [-0.05, 0) is 69.4 Å². The summed E-state index contributed by atoms with van der Waals surface area (Å²) in [5.41, 5.74) is 0. The lowest BCUT2D eigenvalue weighted by atomic mass is 10.3. The molecule has 0 saturated carbocycles. The summed E-state index contributed by atoms with van der Waals surface area (Å²) in [6.07, 6.45) is 0. The quantitative estimate of drug-likeness (QED) is 0.145. The molecule has 26 heavy (non-hydrogen) atoms. The Hall–Kier alpha value is -1.01. The van der Waals surface area contributed by atoms with E-state index < -0.39 is 41.2 Å². The van der Waals surface area contributed by atoms with Gasteiger partial charge >= 0.3 is 0 Å². The summed E-state index contributed by atoms with van der Waals surface area (Å²) in [6.45, 7) is 0. The Morgan fingerprint density at radius 1 is 0.577 bits per heavy atom. The minimum Gasteiger partial charge on any atom is -0.249 e. The molecule has 0 atom stereocenters. The summed E-state index contributed by atoms with van der Waals surface area (Å²) in [4.78, 5) is 1.69. The molecule has 3 aromatic rings. The smallest absolute Gasteiger partial charge is 0.176 e. The van der Waals surface area contributed by atoms with E-state index in [4.69, 9.17) is 0 Å². The molecule has 0 heterocycles. The average molecular weight is 604 g/mol. The standard InChI is InChI=1S/C12H10OS.C6F4I2/c13-14(11-7-3-1-4-8-11)12-9-5-2-6-10-12;7-1-2(8)6(12)4(10)3(9)5(1)11/h1-10H;. The molecule has 8 heteroatoms. The molecule has 0 aliphatic heterocycles. The van der Waals surface area contributed by atoms with Crippen molar-refractivity contribution in [2.24, 2.45) is 0 Å². The van der Waals surface area contributed by atoms with E-state index in [0.29, 0.717) is 0 Å². The van der Waals surface area contributed by atoms with Crippen molar-refractivity contribution in [1.29, 1.82) is 0 Å². The maximum Gasteiger partial charge on any atom is 0.176 e. The summed E-state index contributed by atoms with van der Waals surface area (Å²) < 4.78 is 61.2. The molecule has 0 radical (unpaired) electrons. The van der Waals surface area contributed by atoms with Crippen molar-refractivity contribution in [3.05, 3.63) is 91.1 Å². The predicted octanol–water partition coefficient (Wildman–Crippen LogP) is 6.31. The van der Waals surface area contributed by atoms with Gasteiger partial charge in [0.2, 0.25) is 0 Å². The Bertz CT molecular complexity index is 775. The van der Waals surface area contributed by atoms with Crippen LogP contribution < -0.4 is 0 Å². The largest absolute Gasteiger partial charge is 0.249 e. The highest BCUT2D eigenvalue weighted by atomic mass is 127. The van der Waals surface area contributed by atoms with Gasteiger partial charge in [0.1, 0.15) is 0 Å². The van der Waals surface area contributed by atoms with Gasteiger partial charge in [0.25, 0.3) is 0 Å².